The number of rotatable bonds is 2. The normalized spacial score (nSPS) is 11.2. The number of benzene rings is 1. The Hall–Kier alpha value is -2.99. The van der Waals surface area contributed by atoms with Crippen LogP contribution in [0.15, 0.2) is 64.6 Å². The molecule has 0 spiro atoms. The van der Waals surface area contributed by atoms with Crippen molar-refractivity contribution in [1.82, 2.24) is 18.9 Å². The Labute approximate surface area is 140 Å². The van der Waals surface area contributed by atoms with E-state index >= 15 is 0 Å². The van der Waals surface area contributed by atoms with Gasteiger partial charge in [0.25, 0.3) is 11.1 Å². The zero-order valence-corrected chi connectivity index (χ0v) is 13.1. The van der Waals surface area contributed by atoms with Gasteiger partial charge in [0.15, 0.2) is 0 Å². The smallest absolute Gasteiger partial charge is 0.261 e. The number of nitrogens with zero attached hydrogens (tertiary/aromatic N) is 4. The van der Waals surface area contributed by atoms with E-state index in [0.717, 1.165) is 0 Å². The predicted octanol–water partition coefficient (Wildman–Crippen LogP) is 2.11. The maximum Gasteiger partial charge on any atom is 0.261 e. The number of hydrogen-bond acceptors (Lipinski definition) is 4. The van der Waals surface area contributed by atoms with Crippen molar-refractivity contribution in [1.29, 1.82) is 0 Å². The molecule has 0 atom stereocenters. The summed E-state index contributed by atoms with van der Waals surface area (Å²) in [5.74, 6) is 0. The van der Waals surface area contributed by atoms with E-state index in [0.29, 0.717) is 27.3 Å². The largest absolute Gasteiger partial charge is 0.293 e. The Morgan fingerprint density at radius 3 is 2.83 bits per heavy atom. The lowest BCUT2D eigenvalue weighted by atomic mass is 10.2. The minimum atomic E-state index is -0.224. The molecule has 0 N–H and O–H groups in total. The Morgan fingerprint density at radius 2 is 1.96 bits per heavy atom. The van der Waals surface area contributed by atoms with Gasteiger partial charge in [0.2, 0.25) is 0 Å². The van der Waals surface area contributed by atoms with Gasteiger partial charge in [-0.05, 0) is 30.3 Å². The molecule has 0 fully saturated rings. The minimum Gasteiger partial charge on any atom is -0.293 e. The summed E-state index contributed by atoms with van der Waals surface area (Å²) in [4.78, 5) is 33.4. The number of halogens is 1. The first-order chi connectivity index (χ1) is 11.6. The van der Waals surface area contributed by atoms with Gasteiger partial charge in [-0.25, -0.2) is 9.97 Å². The average molecular weight is 339 g/mol. The summed E-state index contributed by atoms with van der Waals surface area (Å²) in [5, 5.41) is 0.906. The van der Waals surface area contributed by atoms with Gasteiger partial charge < -0.3 is 0 Å². The van der Waals surface area contributed by atoms with Crippen LogP contribution in [-0.2, 0) is 6.54 Å². The Kier molecular flexibility index (Phi) is 3.39. The van der Waals surface area contributed by atoms with Crippen molar-refractivity contribution in [3.05, 3.63) is 86.4 Å². The predicted molar refractivity (Wildman–Crippen MR) is 91.6 cm³/mol. The van der Waals surface area contributed by atoms with E-state index in [1.807, 2.05) is 0 Å². The fraction of sp³-hybridized carbons (Fsp3) is 0.0588. The number of pyridine rings is 1. The van der Waals surface area contributed by atoms with Crippen LogP contribution in [0.1, 0.15) is 5.69 Å². The third-order valence-corrected chi connectivity index (χ3v) is 3.98. The molecule has 0 unspecified atom stereocenters. The van der Waals surface area contributed by atoms with Crippen molar-refractivity contribution >= 4 is 28.2 Å². The lowest BCUT2D eigenvalue weighted by Crippen LogP contribution is -2.23. The van der Waals surface area contributed by atoms with Crippen LogP contribution >= 0.6 is 11.6 Å². The highest BCUT2D eigenvalue weighted by Crippen LogP contribution is 2.14. The second-order valence-electron chi connectivity index (χ2n) is 5.35. The first-order valence-electron chi connectivity index (χ1n) is 7.24. The molecule has 0 radical (unpaired) electrons. The van der Waals surface area contributed by atoms with Crippen molar-refractivity contribution in [3.8, 4) is 0 Å². The molecular weight excluding hydrogens is 328 g/mol. The first-order valence-corrected chi connectivity index (χ1v) is 7.62. The monoisotopic (exact) mass is 338 g/mol. The molecule has 0 aliphatic rings. The summed E-state index contributed by atoms with van der Waals surface area (Å²) in [6.45, 7) is 0.162. The molecule has 0 amide bonds. The standard InChI is InChI=1S/C17H11ClN4O2/c18-11-4-5-14-13(7-11)17(24)21(10-19-14)9-12-8-16(23)22-6-2-1-3-15(22)20-12/h1-8,10H,9H2. The van der Waals surface area contributed by atoms with Crippen LogP contribution < -0.4 is 11.1 Å². The van der Waals surface area contributed by atoms with Gasteiger partial charge in [0.05, 0.1) is 29.5 Å². The van der Waals surface area contributed by atoms with Crippen molar-refractivity contribution in [3.63, 3.8) is 0 Å². The first kappa shape index (κ1) is 14.6. The summed E-state index contributed by atoms with van der Waals surface area (Å²) in [5.41, 5.74) is 1.19. The molecule has 1 aromatic carbocycles. The van der Waals surface area contributed by atoms with Crippen LogP contribution in [0.25, 0.3) is 16.6 Å². The SMILES string of the molecule is O=c1c2cc(Cl)ccc2ncn1Cc1cc(=O)n2ccccc2n1. The quantitative estimate of drug-likeness (QED) is 0.561. The van der Waals surface area contributed by atoms with Gasteiger partial charge in [0, 0.05) is 17.3 Å². The van der Waals surface area contributed by atoms with E-state index in [9.17, 15) is 9.59 Å². The zero-order chi connectivity index (χ0) is 16.7. The molecule has 24 heavy (non-hydrogen) atoms. The van der Waals surface area contributed by atoms with Crippen LogP contribution in [0.4, 0.5) is 0 Å². The molecule has 7 heteroatoms. The van der Waals surface area contributed by atoms with E-state index in [-0.39, 0.29) is 17.7 Å². The maximum atomic E-state index is 12.6. The lowest BCUT2D eigenvalue weighted by molar-refractivity contribution is 0.727. The summed E-state index contributed by atoms with van der Waals surface area (Å²) in [6.07, 6.45) is 3.10. The number of hydrogen-bond donors (Lipinski definition) is 0. The van der Waals surface area contributed by atoms with Gasteiger partial charge in [-0.15, -0.1) is 0 Å². The molecular formula is C17H11ClN4O2. The lowest BCUT2D eigenvalue weighted by Gasteiger charge is -2.07. The molecule has 3 heterocycles. The van der Waals surface area contributed by atoms with Gasteiger partial charge in [0.1, 0.15) is 5.65 Å². The maximum absolute atomic E-state index is 12.6. The fourth-order valence-corrected chi connectivity index (χ4v) is 2.77. The average Bonchev–Trinajstić information content (AvgIpc) is 2.58. The van der Waals surface area contributed by atoms with E-state index in [4.69, 9.17) is 11.6 Å². The van der Waals surface area contributed by atoms with E-state index < -0.39 is 0 Å². The second kappa shape index (κ2) is 5.58. The Balaban J connectivity index is 1.84. The molecule has 0 bridgehead atoms. The van der Waals surface area contributed by atoms with Crippen LogP contribution in [0, 0.1) is 0 Å². The topological polar surface area (TPSA) is 69.3 Å². The number of fused-ring (bicyclic) bond motifs is 2. The summed E-state index contributed by atoms with van der Waals surface area (Å²) in [7, 11) is 0. The van der Waals surface area contributed by atoms with Gasteiger partial charge in [-0.2, -0.15) is 0 Å². The van der Waals surface area contributed by atoms with Gasteiger partial charge >= 0.3 is 0 Å². The van der Waals surface area contributed by atoms with E-state index in [2.05, 4.69) is 9.97 Å². The molecule has 0 aliphatic carbocycles. The highest BCUT2D eigenvalue weighted by molar-refractivity contribution is 6.31. The molecule has 0 aliphatic heterocycles. The van der Waals surface area contributed by atoms with Crippen molar-refractivity contribution in [2.45, 2.75) is 6.54 Å². The van der Waals surface area contributed by atoms with Crippen LogP contribution in [0.5, 0.6) is 0 Å². The molecule has 0 saturated heterocycles. The summed E-state index contributed by atoms with van der Waals surface area (Å²) < 4.78 is 2.87. The highest BCUT2D eigenvalue weighted by atomic mass is 35.5. The molecule has 4 aromatic rings. The van der Waals surface area contributed by atoms with Gasteiger partial charge in [-0.1, -0.05) is 17.7 Å². The molecule has 118 valence electrons. The third kappa shape index (κ3) is 2.47. The summed E-state index contributed by atoms with van der Waals surface area (Å²) >= 11 is 5.96. The Morgan fingerprint density at radius 1 is 1.08 bits per heavy atom. The summed E-state index contributed by atoms with van der Waals surface area (Å²) in [6, 6.07) is 11.7. The third-order valence-electron chi connectivity index (χ3n) is 3.74. The van der Waals surface area contributed by atoms with E-state index in [1.54, 1.807) is 42.6 Å². The fourth-order valence-electron chi connectivity index (χ4n) is 2.60. The van der Waals surface area contributed by atoms with Crippen molar-refractivity contribution < 1.29 is 0 Å². The molecule has 6 nitrogen and oxygen atoms in total. The molecule has 0 saturated carbocycles. The Bertz CT molecular complexity index is 1200. The van der Waals surface area contributed by atoms with Gasteiger partial charge in [-0.3, -0.25) is 18.6 Å². The van der Waals surface area contributed by atoms with Crippen LogP contribution in [0.2, 0.25) is 5.02 Å². The van der Waals surface area contributed by atoms with Crippen LogP contribution in [-0.4, -0.2) is 18.9 Å². The minimum absolute atomic E-state index is 0.162. The number of aromatic nitrogens is 4. The van der Waals surface area contributed by atoms with Crippen molar-refractivity contribution in [2.24, 2.45) is 0 Å². The van der Waals surface area contributed by atoms with Crippen molar-refractivity contribution in [2.75, 3.05) is 0 Å². The van der Waals surface area contributed by atoms with E-state index in [1.165, 1.54) is 21.4 Å². The second-order valence-corrected chi connectivity index (χ2v) is 5.79. The molecule has 3 aromatic heterocycles. The zero-order valence-electron chi connectivity index (χ0n) is 12.4. The van der Waals surface area contributed by atoms with Crippen LogP contribution in [0.3, 0.4) is 0 Å². The molecule has 4 rings (SSSR count). The highest BCUT2D eigenvalue weighted by Gasteiger charge is 2.08.